The van der Waals surface area contributed by atoms with Crippen LogP contribution in [0.5, 0.6) is 0 Å². The van der Waals surface area contributed by atoms with Gasteiger partial charge in [0.1, 0.15) is 5.82 Å². The van der Waals surface area contributed by atoms with Gasteiger partial charge in [0.25, 0.3) is 0 Å². The van der Waals surface area contributed by atoms with Crippen molar-refractivity contribution in [2.45, 2.75) is 0 Å². The van der Waals surface area contributed by atoms with Gasteiger partial charge in [-0.25, -0.2) is 4.39 Å². The molecule has 14 heavy (non-hydrogen) atoms. The predicted molar refractivity (Wildman–Crippen MR) is 51.2 cm³/mol. The molecule has 2 aromatic rings. The van der Waals surface area contributed by atoms with E-state index in [0.29, 0.717) is 5.56 Å². The molecule has 3 nitrogen and oxygen atoms in total. The van der Waals surface area contributed by atoms with E-state index in [1.54, 1.807) is 0 Å². The zero-order valence-electron chi connectivity index (χ0n) is 7.08. The summed E-state index contributed by atoms with van der Waals surface area (Å²) in [7, 11) is 0. The first-order chi connectivity index (χ1) is 6.61. The third-order valence-electron chi connectivity index (χ3n) is 2.08. The van der Waals surface area contributed by atoms with Crippen molar-refractivity contribution in [3.63, 3.8) is 0 Å². The maximum atomic E-state index is 12.5. The van der Waals surface area contributed by atoms with Gasteiger partial charge in [0.15, 0.2) is 0 Å². The molecule has 2 rings (SSSR count). The van der Waals surface area contributed by atoms with E-state index in [4.69, 9.17) is 5.73 Å². The summed E-state index contributed by atoms with van der Waals surface area (Å²) >= 11 is 0. The van der Waals surface area contributed by atoms with Crippen LogP contribution in [0.15, 0.2) is 33.9 Å². The van der Waals surface area contributed by atoms with Gasteiger partial charge in [0.05, 0.1) is 11.3 Å². The summed E-state index contributed by atoms with van der Waals surface area (Å²) in [5.74, 6) is -0.397. The van der Waals surface area contributed by atoms with Gasteiger partial charge in [-0.15, -0.1) is 0 Å². The summed E-state index contributed by atoms with van der Waals surface area (Å²) in [6.45, 7) is 0. The maximum Gasteiger partial charge on any atom is 0.249 e. The summed E-state index contributed by atoms with van der Waals surface area (Å²) in [6.07, 6.45) is 0. The number of hydrogen-bond acceptors (Lipinski definition) is 3. The zero-order chi connectivity index (χ0) is 10.3. The zero-order valence-corrected chi connectivity index (χ0v) is 7.08. The molecule has 2 N–H and O–H groups in total. The summed E-state index contributed by atoms with van der Waals surface area (Å²) < 4.78 is 12.5. The van der Waals surface area contributed by atoms with Gasteiger partial charge in [0, 0.05) is 0 Å². The van der Waals surface area contributed by atoms with Crippen LogP contribution >= 0.6 is 0 Å². The lowest BCUT2D eigenvalue weighted by Crippen LogP contribution is -2.35. The maximum absolute atomic E-state index is 12.5. The second kappa shape index (κ2) is 2.77. The van der Waals surface area contributed by atoms with Crippen molar-refractivity contribution < 1.29 is 4.39 Å². The van der Waals surface area contributed by atoms with E-state index in [1.165, 1.54) is 24.3 Å². The van der Waals surface area contributed by atoms with Crippen LogP contribution in [0.3, 0.4) is 0 Å². The van der Waals surface area contributed by atoms with Crippen molar-refractivity contribution in [1.82, 2.24) is 0 Å². The van der Waals surface area contributed by atoms with Crippen molar-refractivity contribution in [2.24, 2.45) is 0 Å². The monoisotopic (exact) mass is 191 g/mol. The van der Waals surface area contributed by atoms with E-state index in [1.807, 2.05) is 0 Å². The first-order valence-corrected chi connectivity index (χ1v) is 3.96. The average molecular weight is 191 g/mol. The quantitative estimate of drug-likeness (QED) is 0.674. The lowest BCUT2D eigenvalue weighted by molar-refractivity contribution is 0.628. The molecule has 0 unspecified atom stereocenters. The molecule has 2 aromatic carbocycles. The molecule has 0 saturated heterocycles. The highest BCUT2D eigenvalue weighted by molar-refractivity contribution is 5.79. The third-order valence-corrected chi connectivity index (χ3v) is 2.08. The Morgan fingerprint density at radius 1 is 1.00 bits per heavy atom. The van der Waals surface area contributed by atoms with Gasteiger partial charge in [-0.2, -0.15) is 0 Å². The molecule has 4 heteroatoms. The molecule has 0 aromatic heterocycles. The molecule has 0 atom stereocenters. The fraction of sp³-hybridized carbons (Fsp3) is 0. The molecule has 0 aliphatic carbocycles. The number of nitrogen functional groups attached to an aromatic ring is 1. The van der Waals surface area contributed by atoms with E-state index in [9.17, 15) is 14.0 Å². The minimum atomic E-state index is -0.663. The van der Waals surface area contributed by atoms with Gasteiger partial charge < -0.3 is 5.73 Å². The molecule has 0 spiro atoms. The van der Waals surface area contributed by atoms with E-state index in [0.717, 1.165) is 0 Å². The van der Waals surface area contributed by atoms with Gasteiger partial charge in [-0.05, 0) is 17.7 Å². The van der Waals surface area contributed by atoms with E-state index < -0.39 is 16.7 Å². The number of benzene rings is 1. The highest BCUT2D eigenvalue weighted by atomic mass is 19.1. The predicted octanol–water partition coefficient (Wildman–Crippen LogP) is 0.671. The van der Waals surface area contributed by atoms with Crippen LogP contribution in [0, 0.1) is 5.82 Å². The Balaban J connectivity index is 2.58. The topological polar surface area (TPSA) is 60.2 Å². The number of rotatable bonds is 1. The molecule has 0 heterocycles. The number of nitrogens with two attached hydrogens (primary N) is 1. The van der Waals surface area contributed by atoms with Crippen molar-refractivity contribution in [1.29, 1.82) is 0 Å². The molecule has 0 fully saturated rings. The largest absolute Gasteiger partial charge is 0.395 e. The first-order valence-electron chi connectivity index (χ1n) is 3.96. The van der Waals surface area contributed by atoms with Crippen molar-refractivity contribution in [2.75, 3.05) is 5.73 Å². The Hall–Kier alpha value is -1.97. The van der Waals surface area contributed by atoms with Crippen LogP contribution in [-0.4, -0.2) is 0 Å². The number of halogens is 1. The third kappa shape index (κ3) is 1.04. The fourth-order valence-corrected chi connectivity index (χ4v) is 1.31. The first kappa shape index (κ1) is 8.62. The van der Waals surface area contributed by atoms with Crippen LogP contribution in [-0.2, 0) is 0 Å². The summed E-state index contributed by atoms with van der Waals surface area (Å²) in [5.41, 5.74) is 4.71. The SMILES string of the molecule is Nc1c(-c2ccc(F)cc2)c(=O)c1=O. The molecular formula is C10H6FNO2. The summed E-state index contributed by atoms with van der Waals surface area (Å²) in [6, 6.07) is 5.26. The minimum absolute atomic E-state index is 0.0402. The smallest absolute Gasteiger partial charge is 0.249 e. The second-order valence-electron chi connectivity index (χ2n) is 2.95. The van der Waals surface area contributed by atoms with Gasteiger partial charge in [-0.1, -0.05) is 12.1 Å². The molecule has 0 saturated carbocycles. The van der Waals surface area contributed by atoms with E-state index >= 15 is 0 Å². The Kier molecular flexibility index (Phi) is 1.70. The molecule has 0 radical (unpaired) electrons. The lowest BCUT2D eigenvalue weighted by Gasteiger charge is -2.05. The van der Waals surface area contributed by atoms with Crippen LogP contribution in [0.25, 0.3) is 11.1 Å². The Morgan fingerprint density at radius 3 is 2.07 bits per heavy atom. The number of anilines is 1. The highest BCUT2D eigenvalue weighted by Crippen LogP contribution is 2.20. The Bertz CT molecular complexity index is 550. The highest BCUT2D eigenvalue weighted by Gasteiger charge is 2.18. The van der Waals surface area contributed by atoms with Gasteiger partial charge in [-0.3, -0.25) is 9.59 Å². The molecule has 70 valence electrons. The molecule has 0 amide bonds. The molecule has 0 aliphatic rings. The standard InChI is InChI=1S/C10H6FNO2/c11-6-3-1-5(2-4-6)7-8(12)10(14)9(7)13/h1-4H,12H2. The molecule has 0 aliphatic heterocycles. The Labute approximate surface area is 78.3 Å². The van der Waals surface area contributed by atoms with Crippen molar-refractivity contribution in [3.8, 4) is 11.1 Å². The molecular weight excluding hydrogens is 185 g/mol. The van der Waals surface area contributed by atoms with E-state index in [2.05, 4.69) is 0 Å². The average Bonchev–Trinajstić information content (AvgIpc) is 2.21. The second-order valence-corrected chi connectivity index (χ2v) is 2.95. The van der Waals surface area contributed by atoms with E-state index in [-0.39, 0.29) is 11.3 Å². The van der Waals surface area contributed by atoms with Crippen LogP contribution in [0.2, 0.25) is 0 Å². The Morgan fingerprint density at radius 2 is 1.57 bits per heavy atom. The van der Waals surface area contributed by atoms with Gasteiger partial charge in [0.2, 0.25) is 10.9 Å². The van der Waals surface area contributed by atoms with Gasteiger partial charge >= 0.3 is 0 Å². The van der Waals surface area contributed by atoms with Crippen LogP contribution in [0.4, 0.5) is 10.1 Å². The van der Waals surface area contributed by atoms with Crippen LogP contribution < -0.4 is 16.6 Å². The lowest BCUT2D eigenvalue weighted by atomic mass is 9.99. The summed E-state index contributed by atoms with van der Waals surface area (Å²) in [5, 5.41) is 0. The van der Waals surface area contributed by atoms with Crippen molar-refractivity contribution in [3.05, 3.63) is 50.5 Å². The normalized spacial score (nSPS) is 10.6. The molecule has 0 bridgehead atoms. The van der Waals surface area contributed by atoms with Crippen molar-refractivity contribution >= 4 is 5.69 Å². The minimum Gasteiger partial charge on any atom is -0.395 e. The van der Waals surface area contributed by atoms with Crippen LogP contribution in [0.1, 0.15) is 0 Å². The summed E-state index contributed by atoms with van der Waals surface area (Å²) in [4.78, 5) is 21.9. The fourth-order valence-electron chi connectivity index (χ4n) is 1.31. The number of hydrogen-bond donors (Lipinski definition) is 1.